The Hall–Kier alpha value is -5.31. The molecule has 1 aliphatic rings. The normalized spacial score (nSPS) is 15.2. The molecule has 42 heavy (non-hydrogen) atoms. The number of carbonyl (C=O) groups excluding carboxylic acids is 3. The van der Waals surface area contributed by atoms with Crippen LogP contribution in [0.25, 0.3) is 10.9 Å². The lowest BCUT2D eigenvalue weighted by atomic mass is 9.98. The van der Waals surface area contributed by atoms with Crippen LogP contribution in [-0.4, -0.2) is 45.5 Å². The fourth-order valence-corrected chi connectivity index (χ4v) is 5.56. The van der Waals surface area contributed by atoms with Crippen molar-refractivity contribution < 1.29 is 14.4 Å². The molecule has 6 rings (SSSR count). The van der Waals surface area contributed by atoms with E-state index in [2.05, 4.69) is 15.2 Å². The summed E-state index contributed by atoms with van der Waals surface area (Å²) in [5.74, 6) is -2.27. The monoisotopic (exact) mass is 558 g/mol. The average Bonchev–Trinajstić information content (AvgIpc) is 3.39. The molecule has 0 bridgehead atoms. The predicted molar refractivity (Wildman–Crippen MR) is 163 cm³/mol. The second-order valence-electron chi connectivity index (χ2n) is 10.5. The van der Waals surface area contributed by atoms with Gasteiger partial charge in [-0.05, 0) is 56.3 Å². The number of para-hydroxylation sites is 4. The van der Waals surface area contributed by atoms with Gasteiger partial charge < -0.3 is 9.80 Å². The van der Waals surface area contributed by atoms with Crippen LogP contribution in [-0.2, 0) is 20.8 Å². The minimum absolute atomic E-state index is 0.0592. The fraction of sp³-hybridized carbons (Fsp3) is 0.182. The quantitative estimate of drug-likeness (QED) is 0.274. The van der Waals surface area contributed by atoms with Gasteiger partial charge in [-0.1, -0.05) is 48.5 Å². The van der Waals surface area contributed by atoms with Crippen molar-refractivity contribution in [1.82, 2.24) is 15.2 Å². The zero-order valence-electron chi connectivity index (χ0n) is 23.3. The first kappa shape index (κ1) is 26.9. The summed E-state index contributed by atoms with van der Waals surface area (Å²) in [5.41, 5.74) is 3.66. The van der Waals surface area contributed by atoms with Crippen molar-refractivity contribution in [1.29, 1.82) is 0 Å². The van der Waals surface area contributed by atoms with Gasteiger partial charge in [-0.2, -0.15) is 5.10 Å². The van der Waals surface area contributed by atoms with Crippen LogP contribution in [0.4, 0.5) is 22.7 Å². The highest BCUT2D eigenvalue weighted by molar-refractivity contribution is 6.21. The van der Waals surface area contributed by atoms with E-state index in [-0.39, 0.29) is 24.9 Å². The Morgan fingerprint density at radius 3 is 2.33 bits per heavy atom. The molecule has 0 saturated carbocycles. The first-order chi connectivity index (χ1) is 20.4. The van der Waals surface area contributed by atoms with E-state index < -0.39 is 17.7 Å². The van der Waals surface area contributed by atoms with Crippen LogP contribution in [0.5, 0.6) is 0 Å². The number of anilines is 4. The summed E-state index contributed by atoms with van der Waals surface area (Å²) < 4.78 is 0. The maximum Gasteiger partial charge on any atom is 0.247 e. The van der Waals surface area contributed by atoms with E-state index in [1.54, 1.807) is 47.6 Å². The number of H-pyrrole nitrogens is 1. The summed E-state index contributed by atoms with van der Waals surface area (Å²) in [6, 6.07) is 27.5. The molecule has 0 radical (unpaired) electrons. The number of pyridine rings is 1. The molecule has 9 nitrogen and oxygen atoms in total. The largest absolute Gasteiger partial charge is 0.308 e. The summed E-state index contributed by atoms with van der Waals surface area (Å²) in [4.78, 5) is 51.7. The van der Waals surface area contributed by atoms with Gasteiger partial charge in [-0.3, -0.25) is 29.4 Å². The van der Waals surface area contributed by atoms with Gasteiger partial charge in [0, 0.05) is 29.7 Å². The second-order valence-corrected chi connectivity index (χ2v) is 10.5. The van der Waals surface area contributed by atoms with Crippen LogP contribution in [0.3, 0.4) is 0 Å². The summed E-state index contributed by atoms with van der Waals surface area (Å²) in [6.07, 6.45) is 3.28. The Bertz CT molecular complexity index is 1750. The zero-order valence-corrected chi connectivity index (χ0v) is 23.3. The third kappa shape index (κ3) is 4.89. The smallest absolute Gasteiger partial charge is 0.247 e. The molecule has 0 fully saturated rings. The van der Waals surface area contributed by atoms with E-state index in [0.29, 0.717) is 22.8 Å². The number of rotatable bonds is 7. The van der Waals surface area contributed by atoms with Crippen LogP contribution in [0.1, 0.15) is 19.5 Å². The Morgan fingerprint density at radius 1 is 0.881 bits per heavy atom. The van der Waals surface area contributed by atoms with Gasteiger partial charge in [0.2, 0.25) is 17.7 Å². The average molecular weight is 559 g/mol. The number of hydrogen-bond acceptors (Lipinski definition) is 5. The third-order valence-corrected chi connectivity index (χ3v) is 7.46. The number of aromatic amines is 1. The first-order valence-corrected chi connectivity index (χ1v) is 13.9. The number of aromatic nitrogens is 3. The maximum absolute atomic E-state index is 14.5. The van der Waals surface area contributed by atoms with E-state index in [9.17, 15) is 14.4 Å². The molecule has 1 unspecified atom stereocenters. The van der Waals surface area contributed by atoms with Crippen LogP contribution in [0.2, 0.25) is 0 Å². The Labute approximate surface area is 243 Å². The lowest BCUT2D eigenvalue weighted by molar-refractivity contribution is -0.132. The number of benzene rings is 3. The van der Waals surface area contributed by atoms with Crippen molar-refractivity contribution in [2.75, 3.05) is 21.2 Å². The van der Waals surface area contributed by atoms with Gasteiger partial charge in [-0.15, -0.1) is 0 Å². The maximum atomic E-state index is 14.5. The molecule has 0 spiro atoms. The van der Waals surface area contributed by atoms with E-state index in [4.69, 9.17) is 0 Å². The lowest BCUT2D eigenvalue weighted by Gasteiger charge is -2.31. The Kier molecular flexibility index (Phi) is 7.23. The highest BCUT2D eigenvalue weighted by atomic mass is 16.2. The van der Waals surface area contributed by atoms with Crippen LogP contribution in [0.15, 0.2) is 103 Å². The van der Waals surface area contributed by atoms with E-state index in [0.717, 1.165) is 16.6 Å². The molecular formula is C33H30N6O3. The molecule has 1 atom stereocenters. The van der Waals surface area contributed by atoms with Gasteiger partial charge in [0.15, 0.2) is 0 Å². The van der Waals surface area contributed by atoms with Crippen molar-refractivity contribution in [3.05, 3.63) is 109 Å². The molecule has 210 valence electrons. The summed E-state index contributed by atoms with van der Waals surface area (Å²) in [5, 5.41) is 8.30. The van der Waals surface area contributed by atoms with Crippen molar-refractivity contribution in [2.24, 2.45) is 5.92 Å². The fourth-order valence-electron chi connectivity index (χ4n) is 5.56. The second kappa shape index (κ2) is 11.3. The molecule has 9 heteroatoms. The molecule has 2 aromatic heterocycles. The third-order valence-electron chi connectivity index (χ3n) is 7.46. The molecule has 3 aromatic carbocycles. The van der Waals surface area contributed by atoms with Gasteiger partial charge in [0.05, 0.1) is 34.5 Å². The molecule has 0 saturated heterocycles. The number of nitrogens with zero attached hydrogens (tertiary/aromatic N) is 5. The minimum Gasteiger partial charge on any atom is -0.308 e. The minimum atomic E-state index is -1.14. The van der Waals surface area contributed by atoms with E-state index in [1.165, 1.54) is 9.80 Å². The van der Waals surface area contributed by atoms with Crippen molar-refractivity contribution in [3.8, 4) is 0 Å². The molecule has 3 heterocycles. The van der Waals surface area contributed by atoms with Gasteiger partial charge in [-0.25, -0.2) is 0 Å². The Balaban J connectivity index is 1.46. The van der Waals surface area contributed by atoms with E-state index in [1.807, 2.05) is 74.5 Å². The molecular weight excluding hydrogens is 528 g/mol. The van der Waals surface area contributed by atoms with Gasteiger partial charge >= 0.3 is 0 Å². The number of nitrogens with one attached hydrogen (secondary N) is 1. The molecule has 3 amide bonds. The van der Waals surface area contributed by atoms with Crippen molar-refractivity contribution >= 4 is 51.4 Å². The first-order valence-electron chi connectivity index (χ1n) is 13.9. The highest BCUT2D eigenvalue weighted by Gasteiger charge is 2.42. The highest BCUT2D eigenvalue weighted by Crippen LogP contribution is 2.40. The van der Waals surface area contributed by atoms with E-state index >= 15 is 0 Å². The number of fused-ring (bicyclic) bond motifs is 2. The zero-order chi connectivity index (χ0) is 29.2. The SMILES string of the molecule is CC(C)N(C(=O)CN1C(=O)C(Cc2n[nH]c3ccccc23)C(=O)N(c2cccnc2)c2ccccc21)c1ccccc1. The van der Waals surface area contributed by atoms with Gasteiger partial charge in [0.1, 0.15) is 12.5 Å². The van der Waals surface area contributed by atoms with Crippen molar-refractivity contribution in [3.63, 3.8) is 0 Å². The molecule has 1 N–H and O–H groups in total. The molecule has 5 aromatic rings. The standard InChI is InChI=1S/C33H30N6O3/c1-22(2)38(23-11-4-3-5-12-23)31(40)21-37-29-16-8-9-17-30(29)39(24-13-10-18-34-20-24)33(42)26(32(37)41)19-28-25-14-6-7-15-27(25)35-36-28/h3-18,20,22,26H,19,21H2,1-2H3,(H,35,36). The van der Waals surface area contributed by atoms with Crippen LogP contribution in [0, 0.1) is 5.92 Å². The lowest BCUT2D eigenvalue weighted by Crippen LogP contribution is -2.48. The van der Waals surface area contributed by atoms with Gasteiger partial charge in [0.25, 0.3) is 0 Å². The number of amides is 3. The summed E-state index contributed by atoms with van der Waals surface area (Å²) in [6.45, 7) is 3.62. The van der Waals surface area contributed by atoms with Crippen LogP contribution >= 0.6 is 0 Å². The number of carbonyl (C=O) groups is 3. The molecule has 1 aliphatic heterocycles. The van der Waals surface area contributed by atoms with Crippen molar-refractivity contribution in [2.45, 2.75) is 26.3 Å². The Morgan fingerprint density at radius 2 is 1.60 bits per heavy atom. The topological polar surface area (TPSA) is 102 Å². The predicted octanol–water partition coefficient (Wildman–Crippen LogP) is 5.27. The molecule has 0 aliphatic carbocycles. The summed E-state index contributed by atoms with van der Waals surface area (Å²) in [7, 11) is 0. The van der Waals surface area contributed by atoms with Crippen LogP contribution < -0.4 is 14.7 Å². The number of hydrogen-bond donors (Lipinski definition) is 1. The summed E-state index contributed by atoms with van der Waals surface area (Å²) >= 11 is 0.